The summed E-state index contributed by atoms with van der Waals surface area (Å²) in [6.07, 6.45) is 5.89. The van der Waals surface area contributed by atoms with Crippen molar-refractivity contribution < 1.29 is 4.79 Å². The minimum absolute atomic E-state index is 0.0997. The number of unbranched alkanes of at least 4 members (excludes halogenated alkanes) is 1. The Balaban J connectivity index is 2.27. The summed E-state index contributed by atoms with van der Waals surface area (Å²) in [6.45, 7) is 4.62. The topological polar surface area (TPSA) is 46.1 Å². The maximum absolute atomic E-state index is 12.3. The van der Waals surface area contributed by atoms with Crippen molar-refractivity contribution in [2.24, 2.45) is 0 Å². The van der Waals surface area contributed by atoms with Crippen LogP contribution < -0.4 is 4.90 Å². The lowest BCUT2D eigenvalue weighted by Gasteiger charge is -2.18. The van der Waals surface area contributed by atoms with Crippen molar-refractivity contribution in [1.82, 2.24) is 9.97 Å². The van der Waals surface area contributed by atoms with Crippen LogP contribution in [-0.4, -0.2) is 22.4 Å². The Morgan fingerprint density at radius 2 is 2.24 bits per heavy atom. The number of anilines is 1. The largest absolute Gasteiger partial charge is 0.301 e. The molecule has 6 heteroatoms. The first-order valence-corrected chi connectivity index (χ1v) is 8.23. The van der Waals surface area contributed by atoms with Crippen LogP contribution in [0.25, 0.3) is 10.6 Å². The monoisotopic (exact) mass is 323 g/mol. The molecule has 0 spiro atoms. The maximum Gasteiger partial charge on any atom is 0.227 e. The van der Waals surface area contributed by atoms with E-state index < -0.39 is 0 Å². The van der Waals surface area contributed by atoms with Gasteiger partial charge in [0.05, 0.1) is 0 Å². The van der Waals surface area contributed by atoms with Gasteiger partial charge in [0.1, 0.15) is 10.0 Å². The van der Waals surface area contributed by atoms with Crippen molar-refractivity contribution in [3.63, 3.8) is 0 Å². The van der Waals surface area contributed by atoms with Gasteiger partial charge in [0.25, 0.3) is 0 Å². The van der Waals surface area contributed by atoms with Gasteiger partial charge in [-0.3, -0.25) is 9.78 Å². The second kappa shape index (κ2) is 7.52. The number of nitrogens with zero attached hydrogens (tertiary/aromatic N) is 3. The normalized spacial score (nSPS) is 10.6. The van der Waals surface area contributed by atoms with E-state index in [4.69, 9.17) is 11.6 Å². The second-order valence-electron chi connectivity index (χ2n) is 4.60. The van der Waals surface area contributed by atoms with E-state index in [0.29, 0.717) is 18.1 Å². The van der Waals surface area contributed by atoms with E-state index in [0.717, 1.165) is 28.4 Å². The summed E-state index contributed by atoms with van der Waals surface area (Å²) in [5.41, 5.74) is 0.910. The van der Waals surface area contributed by atoms with Crippen LogP contribution >= 0.6 is 22.9 Å². The first-order chi connectivity index (χ1) is 10.2. The number of carbonyl (C=O) groups is 1. The summed E-state index contributed by atoms with van der Waals surface area (Å²) in [5, 5.41) is 1.88. The molecule has 0 aromatic carbocycles. The van der Waals surface area contributed by atoms with E-state index >= 15 is 0 Å². The smallest absolute Gasteiger partial charge is 0.227 e. The van der Waals surface area contributed by atoms with Gasteiger partial charge in [-0.25, -0.2) is 4.98 Å². The molecule has 0 aliphatic carbocycles. The third kappa shape index (κ3) is 3.80. The second-order valence-corrected chi connectivity index (χ2v) is 5.93. The van der Waals surface area contributed by atoms with E-state index in [9.17, 15) is 4.79 Å². The third-order valence-electron chi connectivity index (χ3n) is 3.08. The Bertz CT molecular complexity index is 600. The van der Waals surface area contributed by atoms with Crippen molar-refractivity contribution in [3.05, 3.63) is 29.7 Å². The SMILES string of the molecule is CCCCC(=O)N(CC)c1sc(-c2cccnc2)nc1Cl. The third-order valence-corrected chi connectivity index (χ3v) is 4.59. The molecule has 0 aliphatic heterocycles. The fourth-order valence-corrected chi connectivity index (χ4v) is 3.35. The van der Waals surface area contributed by atoms with Gasteiger partial charge >= 0.3 is 0 Å². The number of rotatable bonds is 6. The highest BCUT2D eigenvalue weighted by molar-refractivity contribution is 7.19. The summed E-state index contributed by atoms with van der Waals surface area (Å²) < 4.78 is 0. The van der Waals surface area contributed by atoms with Gasteiger partial charge in [-0.2, -0.15) is 0 Å². The van der Waals surface area contributed by atoms with Gasteiger partial charge in [-0.15, -0.1) is 0 Å². The lowest BCUT2D eigenvalue weighted by molar-refractivity contribution is -0.118. The molecule has 2 aromatic rings. The van der Waals surface area contributed by atoms with Crippen molar-refractivity contribution >= 4 is 33.8 Å². The zero-order chi connectivity index (χ0) is 15.2. The Labute approximate surface area is 133 Å². The molecule has 2 rings (SSSR count). The van der Waals surface area contributed by atoms with Crippen molar-refractivity contribution in [2.75, 3.05) is 11.4 Å². The highest BCUT2D eigenvalue weighted by atomic mass is 35.5. The van der Waals surface area contributed by atoms with Crippen LogP contribution in [0, 0.1) is 0 Å². The average Bonchev–Trinajstić information content (AvgIpc) is 2.89. The molecule has 112 valence electrons. The predicted molar refractivity (Wildman–Crippen MR) is 87.9 cm³/mol. The van der Waals surface area contributed by atoms with Gasteiger partial charge in [0.2, 0.25) is 5.91 Å². The first-order valence-electron chi connectivity index (χ1n) is 7.04. The van der Waals surface area contributed by atoms with Gasteiger partial charge < -0.3 is 4.90 Å². The minimum Gasteiger partial charge on any atom is -0.301 e. The molecule has 21 heavy (non-hydrogen) atoms. The first kappa shape index (κ1) is 15.9. The van der Waals surface area contributed by atoms with E-state index in [2.05, 4.69) is 16.9 Å². The lowest BCUT2D eigenvalue weighted by atomic mass is 10.2. The standard InChI is InChI=1S/C15H18ClN3OS/c1-3-5-8-12(20)19(4-2)15-13(16)18-14(21-15)11-7-6-9-17-10-11/h6-7,9-10H,3-5,8H2,1-2H3. The summed E-state index contributed by atoms with van der Waals surface area (Å²) in [5.74, 6) is 0.0997. The zero-order valence-corrected chi connectivity index (χ0v) is 13.7. The molecule has 0 saturated heterocycles. The lowest BCUT2D eigenvalue weighted by Crippen LogP contribution is -2.29. The molecule has 2 aromatic heterocycles. The van der Waals surface area contributed by atoms with E-state index in [1.165, 1.54) is 11.3 Å². The molecule has 4 nitrogen and oxygen atoms in total. The van der Waals surface area contributed by atoms with Gasteiger partial charge in [-0.05, 0) is 25.5 Å². The predicted octanol–water partition coefficient (Wildman–Crippen LogP) is 4.40. The molecule has 0 aliphatic rings. The summed E-state index contributed by atoms with van der Waals surface area (Å²) in [7, 11) is 0. The molecule has 1 amide bonds. The minimum atomic E-state index is 0.0997. The average molecular weight is 324 g/mol. The van der Waals surface area contributed by atoms with Crippen LogP contribution in [0.3, 0.4) is 0 Å². The van der Waals surface area contributed by atoms with E-state index in [-0.39, 0.29) is 5.91 Å². The van der Waals surface area contributed by atoms with E-state index in [1.807, 2.05) is 19.1 Å². The molecule has 0 bridgehead atoms. The van der Waals surface area contributed by atoms with Gasteiger partial charge in [0, 0.05) is 30.9 Å². The van der Waals surface area contributed by atoms with Crippen LogP contribution in [0.2, 0.25) is 5.15 Å². The molecular formula is C15H18ClN3OS. The summed E-state index contributed by atoms with van der Waals surface area (Å²) in [4.78, 5) is 22.4. The molecule has 0 N–H and O–H groups in total. The molecule has 0 unspecified atom stereocenters. The number of thiazole rings is 1. The Hall–Kier alpha value is -1.46. The molecule has 0 fully saturated rings. The van der Waals surface area contributed by atoms with Crippen LogP contribution in [0.5, 0.6) is 0 Å². The summed E-state index contributed by atoms with van der Waals surface area (Å²) in [6, 6.07) is 3.79. The molecule has 0 saturated carbocycles. The highest BCUT2D eigenvalue weighted by Gasteiger charge is 2.21. The van der Waals surface area contributed by atoms with E-state index in [1.54, 1.807) is 17.3 Å². The van der Waals surface area contributed by atoms with Crippen LogP contribution in [0.15, 0.2) is 24.5 Å². The van der Waals surface area contributed by atoms with Crippen molar-refractivity contribution in [2.45, 2.75) is 33.1 Å². The Morgan fingerprint density at radius 1 is 1.43 bits per heavy atom. The summed E-state index contributed by atoms with van der Waals surface area (Å²) >= 11 is 7.66. The quantitative estimate of drug-likeness (QED) is 0.791. The fraction of sp³-hybridized carbons (Fsp3) is 0.400. The highest BCUT2D eigenvalue weighted by Crippen LogP contribution is 2.37. The molecule has 0 atom stereocenters. The van der Waals surface area contributed by atoms with Crippen LogP contribution in [-0.2, 0) is 4.79 Å². The van der Waals surface area contributed by atoms with Crippen LogP contribution in [0.1, 0.15) is 33.1 Å². The van der Waals surface area contributed by atoms with Crippen molar-refractivity contribution in [3.8, 4) is 10.6 Å². The molecular weight excluding hydrogens is 306 g/mol. The molecule has 2 heterocycles. The van der Waals surface area contributed by atoms with Gasteiger partial charge in [-0.1, -0.05) is 36.3 Å². The van der Waals surface area contributed by atoms with Crippen molar-refractivity contribution in [1.29, 1.82) is 0 Å². The zero-order valence-electron chi connectivity index (χ0n) is 12.2. The number of hydrogen-bond donors (Lipinski definition) is 0. The Morgan fingerprint density at radius 3 is 2.86 bits per heavy atom. The number of halogens is 1. The molecule has 0 radical (unpaired) electrons. The maximum atomic E-state index is 12.3. The van der Waals surface area contributed by atoms with Gasteiger partial charge in [0.15, 0.2) is 5.15 Å². The number of aromatic nitrogens is 2. The number of carbonyl (C=O) groups excluding carboxylic acids is 1. The fourth-order valence-electron chi connectivity index (χ4n) is 1.97. The number of pyridine rings is 1. The number of amides is 1. The van der Waals surface area contributed by atoms with Crippen LogP contribution in [0.4, 0.5) is 5.00 Å². The number of hydrogen-bond acceptors (Lipinski definition) is 4. The Kier molecular flexibility index (Phi) is 5.70.